The van der Waals surface area contributed by atoms with Crippen molar-refractivity contribution < 1.29 is 19.3 Å². The van der Waals surface area contributed by atoms with Gasteiger partial charge in [0.15, 0.2) is 0 Å². The van der Waals surface area contributed by atoms with Gasteiger partial charge in [0.2, 0.25) is 0 Å². The molecule has 0 amide bonds. The average Bonchev–Trinajstić information content (AvgIpc) is 3.31. The fourth-order valence-corrected chi connectivity index (χ4v) is 9.55. The third kappa shape index (κ3) is 20.4. The van der Waals surface area contributed by atoms with Gasteiger partial charge in [-0.15, -0.1) is 0 Å². The van der Waals surface area contributed by atoms with Gasteiger partial charge in [-0.25, -0.2) is 0 Å². The minimum atomic E-state index is -0.0975. The van der Waals surface area contributed by atoms with Crippen molar-refractivity contribution in [1.82, 2.24) is 0 Å². The minimum Gasteiger partial charge on any atom is -0.508 e. The van der Waals surface area contributed by atoms with Crippen LogP contribution >= 0.6 is 0 Å². The number of aromatic hydroxyl groups is 1. The van der Waals surface area contributed by atoms with Gasteiger partial charge in [0.1, 0.15) is 5.75 Å². The van der Waals surface area contributed by atoms with E-state index in [9.17, 15) is 5.11 Å². The number of phenolic OH excluding ortho intramolecular Hbond substituents is 1. The van der Waals surface area contributed by atoms with Crippen molar-refractivity contribution in [2.75, 3.05) is 0 Å². The van der Waals surface area contributed by atoms with E-state index in [1.54, 1.807) is 0 Å². The predicted molar refractivity (Wildman–Crippen MR) is 272 cm³/mol. The smallest absolute Gasteiger partial charge is 0.119 e. The molecule has 0 aromatic heterocycles. The van der Waals surface area contributed by atoms with E-state index in [1.165, 1.54) is 131 Å². The molecule has 0 aliphatic heterocycles. The lowest BCUT2D eigenvalue weighted by Gasteiger charge is -2.28. The third-order valence-electron chi connectivity index (χ3n) is 13.2. The number of ether oxygens (including phenoxy) is 3. The van der Waals surface area contributed by atoms with E-state index >= 15 is 0 Å². The highest BCUT2D eigenvalue weighted by Gasteiger charge is 2.25. The first-order valence-corrected chi connectivity index (χ1v) is 26.3. The monoisotopic (exact) mass is 875 g/mol. The maximum atomic E-state index is 11.8. The lowest BCUT2D eigenvalue weighted by Crippen LogP contribution is -2.23. The third-order valence-corrected chi connectivity index (χ3v) is 13.2. The molecule has 354 valence electrons. The Labute approximate surface area is 392 Å². The van der Waals surface area contributed by atoms with Crippen molar-refractivity contribution in [3.05, 3.63) is 137 Å². The molecule has 0 bridgehead atoms. The number of hydrogen-bond donors (Lipinski definition) is 1. The van der Waals surface area contributed by atoms with Crippen molar-refractivity contribution >= 4 is 0 Å². The molecule has 0 radical (unpaired) electrons. The zero-order valence-corrected chi connectivity index (χ0v) is 41.4. The standard InChI is InChI=1S/C60H90O4/c1-7-10-13-16-19-31-40-58(51-34-25-22-26-35-51)62-48(4)45-54-43-44-57(61)56(47-50(6)64-60(53-38-29-24-30-39-53)42-33-21-18-15-12-9-3)55(54)46-49(5)63-59(52-36-27-23-28-37-52)41-32-20-17-14-11-8-2/h22-30,34-39,43-44,48-50,58-61H,7-21,31-33,40-42,45-47H2,1-6H3. The normalized spacial score (nSPS) is 14.5. The lowest BCUT2D eigenvalue weighted by molar-refractivity contribution is -0.0134. The van der Waals surface area contributed by atoms with Crippen LogP contribution in [0.1, 0.15) is 228 Å². The first-order valence-electron chi connectivity index (χ1n) is 26.3. The fraction of sp³-hybridized carbons (Fsp3) is 0.600. The Kier molecular flexibility index (Phi) is 26.8. The number of rotatable bonds is 36. The molecule has 4 aromatic carbocycles. The Morgan fingerprint density at radius 2 is 0.672 bits per heavy atom. The Hall–Kier alpha value is -3.44. The molecule has 0 spiro atoms. The zero-order chi connectivity index (χ0) is 45.6. The summed E-state index contributed by atoms with van der Waals surface area (Å²) in [7, 11) is 0. The number of benzene rings is 4. The fourth-order valence-electron chi connectivity index (χ4n) is 9.55. The summed E-state index contributed by atoms with van der Waals surface area (Å²) in [4.78, 5) is 0. The molecule has 0 aliphatic carbocycles. The van der Waals surface area contributed by atoms with Gasteiger partial charge in [-0.1, -0.05) is 233 Å². The van der Waals surface area contributed by atoms with E-state index in [4.69, 9.17) is 14.2 Å². The van der Waals surface area contributed by atoms with Gasteiger partial charge in [-0.2, -0.15) is 0 Å². The van der Waals surface area contributed by atoms with Crippen LogP contribution in [0.15, 0.2) is 103 Å². The van der Waals surface area contributed by atoms with Crippen molar-refractivity contribution in [3.63, 3.8) is 0 Å². The second-order valence-corrected chi connectivity index (χ2v) is 19.0. The molecule has 0 fully saturated rings. The molecular weight excluding hydrogens is 785 g/mol. The first kappa shape index (κ1) is 53.2. The molecule has 4 aromatic rings. The molecule has 1 N–H and O–H groups in total. The predicted octanol–water partition coefficient (Wildman–Crippen LogP) is 17.7. The molecule has 4 heteroatoms. The number of hydrogen-bond acceptors (Lipinski definition) is 4. The van der Waals surface area contributed by atoms with Crippen LogP contribution in [0.25, 0.3) is 0 Å². The van der Waals surface area contributed by atoms with Crippen molar-refractivity contribution in [2.45, 2.75) is 232 Å². The summed E-state index contributed by atoms with van der Waals surface area (Å²) in [6, 6.07) is 36.5. The summed E-state index contributed by atoms with van der Waals surface area (Å²) >= 11 is 0. The Bertz CT molecular complexity index is 1730. The largest absolute Gasteiger partial charge is 0.508 e. The SMILES string of the molecule is CCCCCCCCC(OC(C)Cc1ccc(O)c(CC(C)OC(CCCCCCCC)c2ccccc2)c1CC(C)OC(CCCCCCCC)c1ccccc1)c1ccccc1. The van der Waals surface area contributed by atoms with Crippen LogP contribution in [0.2, 0.25) is 0 Å². The van der Waals surface area contributed by atoms with Crippen LogP contribution in [-0.2, 0) is 33.5 Å². The zero-order valence-electron chi connectivity index (χ0n) is 41.4. The molecule has 4 nitrogen and oxygen atoms in total. The van der Waals surface area contributed by atoms with E-state index in [-0.39, 0.29) is 36.6 Å². The molecule has 4 rings (SSSR count). The quantitative estimate of drug-likeness (QED) is 0.0463. The molecule has 0 heterocycles. The molecule has 0 aliphatic rings. The number of phenols is 1. The molecule has 0 saturated heterocycles. The summed E-state index contributed by atoms with van der Waals surface area (Å²) in [6.07, 6.45) is 27.8. The summed E-state index contributed by atoms with van der Waals surface area (Å²) in [6.45, 7) is 13.5. The van der Waals surface area contributed by atoms with Gasteiger partial charge in [0, 0.05) is 6.42 Å². The second kappa shape index (κ2) is 32.3. The van der Waals surface area contributed by atoms with Crippen molar-refractivity contribution in [2.24, 2.45) is 0 Å². The van der Waals surface area contributed by atoms with Crippen molar-refractivity contribution in [1.29, 1.82) is 0 Å². The first-order chi connectivity index (χ1) is 31.3. The summed E-state index contributed by atoms with van der Waals surface area (Å²) in [5.74, 6) is 0.346. The van der Waals surface area contributed by atoms with Crippen LogP contribution in [-0.4, -0.2) is 23.4 Å². The highest BCUT2D eigenvalue weighted by molar-refractivity contribution is 5.46. The van der Waals surface area contributed by atoms with Crippen LogP contribution in [0.3, 0.4) is 0 Å². The maximum absolute atomic E-state index is 11.8. The van der Waals surface area contributed by atoms with E-state index in [1.807, 2.05) is 6.07 Å². The highest BCUT2D eigenvalue weighted by Crippen LogP contribution is 2.35. The van der Waals surface area contributed by atoms with Crippen LogP contribution in [0.4, 0.5) is 0 Å². The molecule has 6 atom stereocenters. The lowest BCUT2D eigenvalue weighted by atomic mass is 9.89. The van der Waals surface area contributed by atoms with Crippen LogP contribution < -0.4 is 0 Å². The van der Waals surface area contributed by atoms with Gasteiger partial charge in [-0.3, -0.25) is 0 Å². The van der Waals surface area contributed by atoms with Gasteiger partial charge in [0.05, 0.1) is 36.6 Å². The van der Waals surface area contributed by atoms with E-state index in [0.29, 0.717) is 18.6 Å². The highest BCUT2D eigenvalue weighted by atomic mass is 16.5. The molecule has 64 heavy (non-hydrogen) atoms. The van der Waals surface area contributed by atoms with Crippen molar-refractivity contribution in [3.8, 4) is 5.75 Å². The second-order valence-electron chi connectivity index (χ2n) is 19.0. The van der Waals surface area contributed by atoms with Gasteiger partial charge in [0.25, 0.3) is 0 Å². The van der Waals surface area contributed by atoms with Gasteiger partial charge >= 0.3 is 0 Å². The summed E-state index contributed by atoms with van der Waals surface area (Å²) in [5, 5.41) is 11.8. The Morgan fingerprint density at radius 1 is 0.359 bits per heavy atom. The molecule has 6 unspecified atom stereocenters. The average molecular weight is 875 g/mol. The van der Waals surface area contributed by atoms with E-state index in [2.05, 4.69) is 139 Å². The topological polar surface area (TPSA) is 47.9 Å². The molecular formula is C60H90O4. The van der Waals surface area contributed by atoms with Crippen LogP contribution in [0, 0.1) is 0 Å². The summed E-state index contributed by atoms with van der Waals surface area (Å²) < 4.78 is 21.1. The number of unbranched alkanes of at least 4 members (excludes halogenated alkanes) is 15. The summed E-state index contributed by atoms with van der Waals surface area (Å²) in [5.41, 5.74) is 7.14. The molecule has 0 saturated carbocycles. The Balaban J connectivity index is 1.59. The van der Waals surface area contributed by atoms with E-state index < -0.39 is 0 Å². The van der Waals surface area contributed by atoms with Gasteiger partial charge in [-0.05, 0) is 92.3 Å². The van der Waals surface area contributed by atoms with Gasteiger partial charge < -0.3 is 19.3 Å². The van der Waals surface area contributed by atoms with Crippen LogP contribution in [0.5, 0.6) is 5.75 Å². The maximum Gasteiger partial charge on any atom is 0.119 e. The Morgan fingerprint density at radius 3 is 1.03 bits per heavy atom. The van der Waals surface area contributed by atoms with E-state index in [0.717, 1.165) is 44.1 Å². The minimum absolute atomic E-state index is 0.0157.